The van der Waals surface area contributed by atoms with Crippen molar-refractivity contribution in [2.75, 3.05) is 0 Å². The molecule has 0 amide bonds. The van der Waals surface area contributed by atoms with E-state index in [-0.39, 0.29) is 12.0 Å². The number of aromatic nitrogens is 4. The van der Waals surface area contributed by atoms with Crippen LogP contribution in [-0.4, -0.2) is 19.5 Å². The molecule has 264 valence electrons. The van der Waals surface area contributed by atoms with Gasteiger partial charge in [-0.3, -0.25) is 0 Å². The third kappa shape index (κ3) is 5.36. The van der Waals surface area contributed by atoms with Crippen molar-refractivity contribution in [3.8, 4) is 67.9 Å². The fourth-order valence-corrected chi connectivity index (χ4v) is 8.39. The summed E-state index contributed by atoms with van der Waals surface area (Å²) in [7, 11) is 0. The Labute approximate surface area is 324 Å². The van der Waals surface area contributed by atoms with Crippen LogP contribution in [0.4, 0.5) is 0 Å². The zero-order valence-corrected chi connectivity index (χ0v) is 30.3. The third-order valence-electron chi connectivity index (χ3n) is 11.0. The van der Waals surface area contributed by atoms with Gasteiger partial charge in [-0.2, -0.15) is 0 Å². The molecule has 0 N–H and O–H groups in total. The molecule has 9 aromatic rings. The summed E-state index contributed by atoms with van der Waals surface area (Å²) in [6, 6.07) is 63.4. The Kier molecular flexibility index (Phi) is 7.56. The Hall–Kier alpha value is -7.37. The number of hydrogen-bond donors (Lipinski definition) is 0. The standard InChI is InChI=1S/C51H34N4O/c1-4-14-33(15-5-1)34-26-28-35(29-27-34)38-20-12-21-39(32-38)55-44-25-11-10-22-42(44)46-45(55)31-30-41-40-23-13-24-43(47(40)56-48(41)46)51-53-49(36-16-6-2-7-17-36)52-50(54-51)37-18-8-3-9-19-37/h1-32,41,48H. The highest BCUT2D eigenvalue weighted by Gasteiger charge is 2.41. The highest BCUT2D eigenvalue weighted by Crippen LogP contribution is 2.55. The van der Waals surface area contributed by atoms with Crippen LogP contribution < -0.4 is 4.74 Å². The summed E-state index contributed by atoms with van der Waals surface area (Å²) in [6.07, 6.45) is 4.38. The predicted octanol–water partition coefficient (Wildman–Crippen LogP) is 12.4. The van der Waals surface area contributed by atoms with Crippen molar-refractivity contribution in [1.82, 2.24) is 19.5 Å². The lowest BCUT2D eigenvalue weighted by atomic mass is 9.85. The lowest BCUT2D eigenvalue weighted by molar-refractivity contribution is 0.225. The second kappa shape index (κ2) is 13.2. The monoisotopic (exact) mass is 718 g/mol. The van der Waals surface area contributed by atoms with E-state index in [0.29, 0.717) is 17.5 Å². The molecule has 2 atom stereocenters. The number of nitrogens with zero attached hydrogens (tertiary/aromatic N) is 4. The largest absolute Gasteiger partial charge is 0.484 e. The first kappa shape index (κ1) is 32.1. The van der Waals surface area contributed by atoms with Crippen molar-refractivity contribution in [2.45, 2.75) is 12.0 Å². The molecule has 1 aliphatic carbocycles. The Bertz CT molecular complexity index is 2880. The van der Waals surface area contributed by atoms with E-state index >= 15 is 0 Å². The zero-order valence-electron chi connectivity index (χ0n) is 30.3. The number of para-hydroxylation sites is 2. The van der Waals surface area contributed by atoms with E-state index in [2.05, 4.69) is 138 Å². The molecule has 5 heteroatoms. The average molecular weight is 719 g/mol. The van der Waals surface area contributed by atoms with Crippen LogP contribution in [0.3, 0.4) is 0 Å². The van der Waals surface area contributed by atoms with Crippen molar-refractivity contribution in [1.29, 1.82) is 0 Å². The van der Waals surface area contributed by atoms with Crippen molar-refractivity contribution >= 4 is 17.0 Å². The zero-order chi connectivity index (χ0) is 37.0. The second-order valence-electron chi connectivity index (χ2n) is 14.3. The minimum absolute atomic E-state index is 0.0372. The molecule has 2 unspecified atom stereocenters. The summed E-state index contributed by atoms with van der Waals surface area (Å²) in [5.41, 5.74) is 13.2. The first-order chi connectivity index (χ1) is 27.8. The van der Waals surface area contributed by atoms with Crippen LogP contribution >= 0.6 is 0 Å². The molecule has 0 saturated carbocycles. The van der Waals surface area contributed by atoms with Gasteiger partial charge >= 0.3 is 0 Å². The van der Waals surface area contributed by atoms with E-state index in [1.54, 1.807) is 0 Å². The van der Waals surface area contributed by atoms with Gasteiger partial charge in [-0.15, -0.1) is 0 Å². The number of fused-ring (bicyclic) bond motifs is 7. The second-order valence-corrected chi connectivity index (χ2v) is 14.3. The van der Waals surface area contributed by atoms with Gasteiger partial charge in [-0.25, -0.2) is 15.0 Å². The Balaban J connectivity index is 0.999. The molecule has 11 rings (SSSR count). The summed E-state index contributed by atoms with van der Waals surface area (Å²) in [6.45, 7) is 0. The van der Waals surface area contributed by atoms with Gasteiger partial charge in [-0.05, 0) is 52.6 Å². The maximum absolute atomic E-state index is 7.15. The van der Waals surface area contributed by atoms with Gasteiger partial charge in [0, 0.05) is 39.2 Å². The number of ether oxygens (including phenoxy) is 1. The minimum atomic E-state index is -0.213. The molecular weight excluding hydrogens is 685 g/mol. The van der Waals surface area contributed by atoms with Gasteiger partial charge in [-0.1, -0.05) is 164 Å². The maximum Gasteiger partial charge on any atom is 0.167 e. The van der Waals surface area contributed by atoms with E-state index in [9.17, 15) is 0 Å². The molecule has 0 radical (unpaired) electrons. The molecule has 0 bridgehead atoms. The van der Waals surface area contributed by atoms with Gasteiger partial charge in [0.05, 0.1) is 16.8 Å². The number of benzene rings is 7. The summed E-state index contributed by atoms with van der Waals surface area (Å²) >= 11 is 0. The molecule has 1 aliphatic heterocycles. The van der Waals surface area contributed by atoms with Crippen molar-refractivity contribution in [3.63, 3.8) is 0 Å². The molecule has 2 aromatic heterocycles. The first-order valence-corrected chi connectivity index (χ1v) is 19.0. The van der Waals surface area contributed by atoms with Crippen LogP contribution in [0, 0.1) is 0 Å². The third-order valence-corrected chi connectivity index (χ3v) is 11.0. The van der Waals surface area contributed by atoms with Gasteiger partial charge in [0.2, 0.25) is 0 Å². The Morgan fingerprint density at radius 1 is 0.464 bits per heavy atom. The Morgan fingerprint density at radius 3 is 1.71 bits per heavy atom. The quantitative estimate of drug-likeness (QED) is 0.172. The molecule has 0 fully saturated rings. The summed E-state index contributed by atoms with van der Waals surface area (Å²) in [5, 5.41) is 1.19. The van der Waals surface area contributed by atoms with Crippen LogP contribution in [0.2, 0.25) is 0 Å². The van der Waals surface area contributed by atoms with E-state index in [1.165, 1.54) is 33.2 Å². The van der Waals surface area contributed by atoms with E-state index in [0.717, 1.165) is 44.9 Å². The first-order valence-electron chi connectivity index (χ1n) is 19.0. The fourth-order valence-electron chi connectivity index (χ4n) is 8.39. The summed E-state index contributed by atoms with van der Waals surface area (Å²) < 4.78 is 9.53. The topological polar surface area (TPSA) is 52.8 Å². The highest BCUT2D eigenvalue weighted by atomic mass is 16.5. The lowest BCUT2D eigenvalue weighted by Gasteiger charge is -2.22. The smallest absolute Gasteiger partial charge is 0.167 e. The van der Waals surface area contributed by atoms with Gasteiger partial charge < -0.3 is 9.30 Å². The van der Waals surface area contributed by atoms with Gasteiger partial charge in [0.25, 0.3) is 0 Å². The summed E-state index contributed by atoms with van der Waals surface area (Å²) in [5.74, 6) is 2.70. The van der Waals surface area contributed by atoms with Gasteiger partial charge in [0.15, 0.2) is 17.5 Å². The lowest BCUT2D eigenvalue weighted by Crippen LogP contribution is -2.13. The molecule has 5 nitrogen and oxygen atoms in total. The molecule has 56 heavy (non-hydrogen) atoms. The number of rotatable bonds is 6. The molecule has 2 aliphatic rings. The van der Waals surface area contributed by atoms with Crippen LogP contribution in [-0.2, 0) is 0 Å². The normalized spacial score (nSPS) is 15.2. The van der Waals surface area contributed by atoms with E-state index in [1.807, 2.05) is 60.7 Å². The predicted molar refractivity (Wildman–Crippen MR) is 225 cm³/mol. The Morgan fingerprint density at radius 2 is 1.02 bits per heavy atom. The number of hydrogen-bond acceptors (Lipinski definition) is 4. The maximum atomic E-state index is 7.15. The molecule has 3 heterocycles. The van der Waals surface area contributed by atoms with Crippen LogP contribution in [0.15, 0.2) is 188 Å². The van der Waals surface area contributed by atoms with Gasteiger partial charge in [0.1, 0.15) is 11.9 Å². The molecule has 0 saturated heterocycles. The summed E-state index contributed by atoms with van der Waals surface area (Å²) in [4.78, 5) is 15.0. The minimum Gasteiger partial charge on any atom is -0.484 e. The molecular formula is C51H34N4O. The fraction of sp³-hybridized carbons (Fsp3) is 0.0392. The van der Waals surface area contributed by atoms with E-state index < -0.39 is 0 Å². The van der Waals surface area contributed by atoms with Crippen LogP contribution in [0.25, 0.3) is 79.1 Å². The van der Waals surface area contributed by atoms with E-state index in [4.69, 9.17) is 19.7 Å². The van der Waals surface area contributed by atoms with Crippen LogP contribution in [0.1, 0.15) is 28.8 Å². The SMILES string of the molecule is C1=CC2c3cccc(-c4nc(-c5ccccc5)nc(-c5ccccc5)n4)c3OC2c2c1n(-c1cccc(-c3ccc(-c4ccccc4)cc3)c1)c1ccccc21. The highest BCUT2D eigenvalue weighted by molar-refractivity contribution is 5.92. The molecule has 0 spiro atoms. The molecule has 7 aromatic carbocycles. The van der Waals surface area contributed by atoms with Crippen molar-refractivity contribution in [3.05, 3.63) is 205 Å². The van der Waals surface area contributed by atoms with Crippen molar-refractivity contribution < 1.29 is 4.74 Å². The average Bonchev–Trinajstić information content (AvgIpc) is 3.83. The van der Waals surface area contributed by atoms with Crippen molar-refractivity contribution in [2.24, 2.45) is 0 Å². The van der Waals surface area contributed by atoms with Crippen LogP contribution in [0.5, 0.6) is 5.75 Å².